The molecule has 230 valence electrons. The largest absolute Gasteiger partial charge is 0.310 e. The highest BCUT2D eigenvalue weighted by Gasteiger charge is 2.16. The maximum absolute atomic E-state index is 2.37. The minimum Gasteiger partial charge on any atom is -0.310 e. The Bertz CT molecular complexity index is 2590. The number of hydrogen-bond acceptors (Lipinski definition) is 1. The molecule has 1 heteroatoms. The zero-order valence-corrected chi connectivity index (χ0v) is 27.0. The Morgan fingerprint density at radius 2 is 0.755 bits per heavy atom. The fraction of sp³-hybridized carbons (Fsp3) is 0. The van der Waals surface area contributed by atoms with E-state index in [0.717, 1.165) is 17.1 Å². The second-order valence-electron chi connectivity index (χ2n) is 12.6. The molecule has 0 amide bonds. The summed E-state index contributed by atoms with van der Waals surface area (Å²) in [6.45, 7) is 0. The molecular weight excluding hydrogens is 591 g/mol. The fourth-order valence-electron chi connectivity index (χ4n) is 7.19. The SMILES string of the molecule is c1ccc(-c2cccc(N(c3ccc(-c4ccc5c(ccc6ccccc65)c4)cc3)c3cccc(-c4cccc5ccccc45)c3)c2)cc1. The van der Waals surface area contributed by atoms with Gasteiger partial charge < -0.3 is 4.90 Å². The molecule has 9 aromatic carbocycles. The molecule has 0 spiro atoms. The van der Waals surface area contributed by atoms with Crippen LogP contribution in [-0.4, -0.2) is 0 Å². The van der Waals surface area contributed by atoms with Crippen molar-refractivity contribution in [1.82, 2.24) is 0 Å². The van der Waals surface area contributed by atoms with Crippen LogP contribution in [0.3, 0.4) is 0 Å². The van der Waals surface area contributed by atoms with Crippen LogP contribution in [0.2, 0.25) is 0 Å². The summed E-state index contributed by atoms with van der Waals surface area (Å²) in [6.07, 6.45) is 0. The first-order valence-electron chi connectivity index (χ1n) is 16.8. The Morgan fingerprint density at radius 1 is 0.245 bits per heavy atom. The minimum absolute atomic E-state index is 1.11. The van der Waals surface area contributed by atoms with Crippen molar-refractivity contribution in [2.24, 2.45) is 0 Å². The van der Waals surface area contributed by atoms with Crippen LogP contribution in [0, 0.1) is 0 Å². The van der Waals surface area contributed by atoms with Gasteiger partial charge in [0.1, 0.15) is 0 Å². The highest BCUT2D eigenvalue weighted by Crippen LogP contribution is 2.40. The molecule has 0 aliphatic heterocycles. The second kappa shape index (κ2) is 12.3. The van der Waals surface area contributed by atoms with E-state index < -0.39 is 0 Å². The molecule has 0 N–H and O–H groups in total. The molecule has 0 bridgehead atoms. The van der Waals surface area contributed by atoms with Gasteiger partial charge >= 0.3 is 0 Å². The van der Waals surface area contributed by atoms with E-state index in [1.165, 1.54) is 65.7 Å². The molecule has 0 aromatic heterocycles. The summed E-state index contributed by atoms with van der Waals surface area (Å²) in [7, 11) is 0. The van der Waals surface area contributed by atoms with E-state index in [4.69, 9.17) is 0 Å². The van der Waals surface area contributed by atoms with E-state index in [0.29, 0.717) is 0 Å². The number of anilines is 3. The lowest BCUT2D eigenvalue weighted by atomic mass is 9.97. The summed E-state index contributed by atoms with van der Waals surface area (Å²) >= 11 is 0. The molecule has 0 aliphatic rings. The van der Waals surface area contributed by atoms with Gasteiger partial charge in [-0.15, -0.1) is 0 Å². The molecule has 0 atom stereocenters. The standard InChI is InChI=1S/C48H33N/c1-2-11-34(12-3-1)38-16-8-18-43(32-38)49(44-19-9-17-40(33-44)47-22-10-15-36-13-4-6-20-45(36)47)42-28-25-35(26-29-42)39-27-30-48-41(31-39)24-23-37-14-5-7-21-46(37)48/h1-33H. The summed E-state index contributed by atoms with van der Waals surface area (Å²) < 4.78 is 0. The average molecular weight is 624 g/mol. The maximum Gasteiger partial charge on any atom is 0.0467 e. The molecule has 9 aromatic rings. The van der Waals surface area contributed by atoms with E-state index in [1.54, 1.807) is 0 Å². The second-order valence-corrected chi connectivity index (χ2v) is 12.6. The number of fused-ring (bicyclic) bond motifs is 4. The van der Waals surface area contributed by atoms with Crippen molar-refractivity contribution in [3.05, 3.63) is 200 Å². The van der Waals surface area contributed by atoms with Gasteiger partial charge in [-0.05, 0) is 108 Å². The lowest BCUT2D eigenvalue weighted by Crippen LogP contribution is -2.10. The molecule has 1 nitrogen and oxygen atoms in total. The molecule has 0 aliphatic carbocycles. The van der Waals surface area contributed by atoms with Gasteiger partial charge in [0.15, 0.2) is 0 Å². The Morgan fingerprint density at radius 3 is 1.55 bits per heavy atom. The van der Waals surface area contributed by atoms with Crippen LogP contribution < -0.4 is 4.90 Å². The smallest absolute Gasteiger partial charge is 0.0467 e. The van der Waals surface area contributed by atoms with E-state index in [-0.39, 0.29) is 0 Å². The van der Waals surface area contributed by atoms with Crippen LogP contribution in [0.1, 0.15) is 0 Å². The topological polar surface area (TPSA) is 3.24 Å². The Labute approximate surface area is 287 Å². The number of hydrogen-bond donors (Lipinski definition) is 0. The van der Waals surface area contributed by atoms with Gasteiger partial charge in [-0.3, -0.25) is 0 Å². The van der Waals surface area contributed by atoms with Crippen molar-refractivity contribution >= 4 is 49.4 Å². The van der Waals surface area contributed by atoms with Crippen LogP contribution in [0.25, 0.3) is 65.7 Å². The van der Waals surface area contributed by atoms with Gasteiger partial charge in [0.05, 0.1) is 0 Å². The predicted octanol–water partition coefficient (Wildman–Crippen LogP) is 13.6. The molecule has 0 heterocycles. The average Bonchev–Trinajstić information content (AvgIpc) is 3.18. The lowest BCUT2D eigenvalue weighted by molar-refractivity contribution is 1.28. The zero-order valence-electron chi connectivity index (χ0n) is 27.0. The van der Waals surface area contributed by atoms with Crippen molar-refractivity contribution in [2.45, 2.75) is 0 Å². The highest BCUT2D eigenvalue weighted by atomic mass is 15.1. The van der Waals surface area contributed by atoms with Crippen molar-refractivity contribution in [3.63, 3.8) is 0 Å². The van der Waals surface area contributed by atoms with E-state index in [9.17, 15) is 0 Å². The fourth-order valence-corrected chi connectivity index (χ4v) is 7.19. The first-order chi connectivity index (χ1) is 24.3. The summed E-state index contributed by atoms with van der Waals surface area (Å²) in [4.78, 5) is 2.37. The van der Waals surface area contributed by atoms with Crippen molar-refractivity contribution in [1.29, 1.82) is 0 Å². The summed E-state index contributed by atoms with van der Waals surface area (Å²) in [5.74, 6) is 0. The molecule has 0 unspecified atom stereocenters. The number of benzene rings is 9. The predicted molar refractivity (Wildman–Crippen MR) is 210 cm³/mol. The minimum atomic E-state index is 1.11. The van der Waals surface area contributed by atoms with Crippen LogP contribution in [-0.2, 0) is 0 Å². The molecular formula is C48H33N. The lowest BCUT2D eigenvalue weighted by Gasteiger charge is -2.27. The summed E-state index contributed by atoms with van der Waals surface area (Å²) in [6, 6.07) is 72.5. The molecule has 49 heavy (non-hydrogen) atoms. The van der Waals surface area contributed by atoms with E-state index >= 15 is 0 Å². The highest BCUT2D eigenvalue weighted by molar-refractivity contribution is 6.08. The Balaban J connectivity index is 1.15. The molecule has 0 saturated carbocycles. The van der Waals surface area contributed by atoms with Gasteiger partial charge in [-0.2, -0.15) is 0 Å². The maximum atomic E-state index is 2.37. The Kier molecular flexibility index (Phi) is 7.22. The normalized spacial score (nSPS) is 11.3. The van der Waals surface area contributed by atoms with Crippen molar-refractivity contribution in [2.75, 3.05) is 4.90 Å². The third kappa shape index (κ3) is 5.42. The summed E-state index contributed by atoms with van der Waals surface area (Å²) in [5, 5.41) is 7.61. The van der Waals surface area contributed by atoms with Crippen LogP contribution >= 0.6 is 0 Å². The van der Waals surface area contributed by atoms with Crippen LogP contribution in [0.4, 0.5) is 17.1 Å². The van der Waals surface area contributed by atoms with Gasteiger partial charge in [-0.25, -0.2) is 0 Å². The van der Waals surface area contributed by atoms with Gasteiger partial charge in [0.25, 0.3) is 0 Å². The van der Waals surface area contributed by atoms with Gasteiger partial charge in [0, 0.05) is 17.1 Å². The first kappa shape index (κ1) is 28.8. The zero-order chi connectivity index (χ0) is 32.6. The molecule has 0 saturated heterocycles. The first-order valence-corrected chi connectivity index (χ1v) is 16.8. The van der Waals surface area contributed by atoms with E-state index in [2.05, 4.69) is 205 Å². The van der Waals surface area contributed by atoms with Crippen LogP contribution in [0.15, 0.2) is 200 Å². The van der Waals surface area contributed by atoms with Crippen LogP contribution in [0.5, 0.6) is 0 Å². The summed E-state index contributed by atoms with van der Waals surface area (Å²) in [5.41, 5.74) is 10.6. The third-order valence-electron chi connectivity index (χ3n) is 9.62. The third-order valence-corrected chi connectivity index (χ3v) is 9.62. The molecule has 9 rings (SSSR count). The number of rotatable bonds is 6. The monoisotopic (exact) mass is 623 g/mol. The van der Waals surface area contributed by atoms with Gasteiger partial charge in [-0.1, -0.05) is 158 Å². The van der Waals surface area contributed by atoms with E-state index in [1.807, 2.05) is 0 Å². The quantitative estimate of drug-likeness (QED) is 0.167. The molecule has 0 radical (unpaired) electrons. The van der Waals surface area contributed by atoms with Crippen molar-refractivity contribution in [3.8, 4) is 33.4 Å². The molecule has 0 fully saturated rings. The Hall–Kier alpha value is -6.44. The number of nitrogens with zero attached hydrogens (tertiary/aromatic N) is 1. The van der Waals surface area contributed by atoms with Gasteiger partial charge in [0.2, 0.25) is 0 Å². The van der Waals surface area contributed by atoms with Crippen molar-refractivity contribution < 1.29 is 0 Å².